The molecule has 0 bridgehead atoms. The molecule has 1 heterocycles. The second-order valence-corrected chi connectivity index (χ2v) is 8.29. The molecule has 36 heavy (non-hydrogen) atoms. The molecule has 3 aromatic carbocycles. The summed E-state index contributed by atoms with van der Waals surface area (Å²) in [6.07, 6.45) is -4.13. The first-order valence-electron chi connectivity index (χ1n) is 11.3. The molecule has 0 fully saturated rings. The number of hydrogen-bond donors (Lipinski definition) is 0. The van der Waals surface area contributed by atoms with Crippen molar-refractivity contribution in [1.29, 1.82) is 0 Å². The minimum Gasteiger partial charge on any atom is -0.465 e. The van der Waals surface area contributed by atoms with Crippen LogP contribution in [0.3, 0.4) is 0 Å². The first-order chi connectivity index (χ1) is 17.2. The summed E-state index contributed by atoms with van der Waals surface area (Å²) in [6.45, 7) is 2.08. The number of aliphatic imine (C=N–C) groups is 1. The number of carbonyl (C=O) groups excluding carboxylic acids is 1. The third-order valence-electron chi connectivity index (χ3n) is 5.77. The fourth-order valence-electron chi connectivity index (χ4n) is 4.12. The number of hydrogen-bond acceptors (Lipinski definition) is 4. The van der Waals surface area contributed by atoms with Crippen LogP contribution in [0.25, 0.3) is 11.1 Å². The molecule has 1 aliphatic heterocycles. The zero-order valence-electron chi connectivity index (χ0n) is 19.2. The van der Waals surface area contributed by atoms with E-state index >= 15 is 0 Å². The molecule has 0 saturated carbocycles. The number of benzene rings is 3. The Kier molecular flexibility index (Phi) is 7.37. The highest BCUT2D eigenvalue weighted by atomic mass is 19.4. The van der Waals surface area contributed by atoms with Gasteiger partial charge in [-0.2, -0.15) is 0 Å². The fourth-order valence-corrected chi connectivity index (χ4v) is 4.12. The average molecular weight is 503 g/mol. The topological polar surface area (TPSA) is 47.9 Å². The molecule has 2 atom stereocenters. The van der Waals surface area contributed by atoms with Gasteiger partial charge in [-0.1, -0.05) is 49.4 Å². The molecule has 0 amide bonds. The van der Waals surface area contributed by atoms with Crippen LogP contribution in [0.2, 0.25) is 0 Å². The molecule has 0 aliphatic carbocycles. The van der Waals surface area contributed by atoms with E-state index in [0.29, 0.717) is 23.1 Å². The molecule has 4 rings (SSSR count). The van der Waals surface area contributed by atoms with E-state index < -0.39 is 35.9 Å². The Labute approximate surface area is 204 Å². The normalized spacial score (nSPS) is 17.6. The van der Waals surface area contributed by atoms with Crippen molar-refractivity contribution in [2.24, 2.45) is 10.9 Å². The minimum atomic E-state index is -4.77. The number of nitrogens with zero attached hydrogens (tertiary/aromatic N) is 1. The number of carbonyl (C=O) groups is 1. The van der Waals surface area contributed by atoms with Gasteiger partial charge in [-0.3, -0.25) is 9.79 Å². The van der Waals surface area contributed by atoms with Crippen molar-refractivity contribution in [3.63, 3.8) is 0 Å². The summed E-state index contributed by atoms with van der Waals surface area (Å²) in [6, 6.07) is 15.2. The lowest BCUT2D eigenvalue weighted by molar-refractivity contribution is -0.274. The van der Waals surface area contributed by atoms with Gasteiger partial charge in [-0.05, 0) is 47.4 Å². The first-order valence-corrected chi connectivity index (χ1v) is 11.3. The van der Waals surface area contributed by atoms with Crippen LogP contribution in [0.4, 0.5) is 22.0 Å². The van der Waals surface area contributed by atoms with Crippen LogP contribution in [-0.2, 0) is 9.53 Å². The molecule has 188 valence electrons. The quantitative estimate of drug-likeness (QED) is 0.257. The highest BCUT2D eigenvalue weighted by molar-refractivity contribution is 6.04. The maximum Gasteiger partial charge on any atom is 0.573 e. The van der Waals surface area contributed by atoms with Gasteiger partial charge in [-0.25, -0.2) is 8.78 Å². The number of halogens is 5. The third-order valence-corrected chi connectivity index (χ3v) is 5.77. The zero-order chi connectivity index (χ0) is 25.9. The SMILES string of the molecule is CCCOC(=O)C1CC(c2c(F)cccc2F)=NC1c1ccc(-c2ccc(OC(F)(F)F)cc2)cc1. The van der Waals surface area contributed by atoms with Crippen LogP contribution >= 0.6 is 0 Å². The van der Waals surface area contributed by atoms with E-state index in [-0.39, 0.29) is 30.1 Å². The van der Waals surface area contributed by atoms with Gasteiger partial charge >= 0.3 is 12.3 Å². The predicted molar refractivity (Wildman–Crippen MR) is 124 cm³/mol. The van der Waals surface area contributed by atoms with Gasteiger partial charge in [0.1, 0.15) is 17.4 Å². The van der Waals surface area contributed by atoms with Crippen molar-refractivity contribution in [2.45, 2.75) is 32.2 Å². The Bertz CT molecular complexity index is 1230. The molecule has 0 aromatic heterocycles. The average Bonchev–Trinajstić information content (AvgIpc) is 3.27. The highest BCUT2D eigenvalue weighted by Crippen LogP contribution is 2.39. The molecular formula is C27H22F5NO3. The highest BCUT2D eigenvalue weighted by Gasteiger charge is 2.39. The van der Waals surface area contributed by atoms with Crippen molar-refractivity contribution in [3.8, 4) is 16.9 Å². The van der Waals surface area contributed by atoms with E-state index in [1.807, 2.05) is 6.92 Å². The summed E-state index contributed by atoms with van der Waals surface area (Å²) < 4.78 is 75.2. The van der Waals surface area contributed by atoms with E-state index in [0.717, 1.165) is 12.1 Å². The number of ether oxygens (including phenoxy) is 2. The van der Waals surface area contributed by atoms with Crippen LogP contribution in [0, 0.1) is 17.6 Å². The Balaban J connectivity index is 1.62. The number of alkyl halides is 3. The summed E-state index contributed by atoms with van der Waals surface area (Å²) in [5.74, 6) is -3.10. The van der Waals surface area contributed by atoms with Crippen LogP contribution in [-0.4, -0.2) is 24.7 Å². The van der Waals surface area contributed by atoms with Gasteiger partial charge in [0.2, 0.25) is 0 Å². The maximum atomic E-state index is 14.4. The van der Waals surface area contributed by atoms with Crippen LogP contribution in [0.5, 0.6) is 5.75 Å². The lowest BCUT2D eigenvalue weighted by Crippen LogP contribution is -2.22. The van der Waals surface area contributed by atoms with Crippen LogP contribution < -0.4 is 4.74 Å². The Morgan fingerprint density at radius 3 is 2.08 bits per heavy atom. The molecule has 0 spiro atoms. The fraction of sp³-hybridized carbons (Fsp3) is 0.259. The van der Waals surface area contributed by atoms with Crippen LogP contribution in [0.1, 0.15) is 36.9 Å². The van der Waals surface area contributed by atoms with Crippen molar-refractivity contribution >= 4 is 11.7 Å². The second-order valence-electron chi connectivity index (χ2n) is 8.29. The summed E-state index contributed by atoms with van der Waals surface area (Å²) in [4.78, 5) is 17.3. The zero-order valence-corrected chi connectivity index (χ0v) is 19.2. The first kappa shape index (κ1) is 25.3. The van der Waals surface area contributed by atoms with Gasteiger partial charge in [0.15, 0.2) is 0 Å². The maximum absolute atomic E-state index is 14.4. The molecule has 1 aliphatic rings. The van der Waals surface area contributed by atoms with E-state index in [9.17, 15) is 26.7 Å². The summed E-state index contributed by atoms with van der Waals surface area (Å²) in [7, 11) is 0. The van der Waals surface area contributed by atoms with Gasteiger partial charge in [0.25, 0.3) is 0 Å². The largest absolute Gasteiger partial charge is 0.573 e. The molecule has 0 N–H and O–H groups in total. The Morgan fingerprint density at radius 1 is 0.944 bits per heavy atom. The molecular weight excluding hydrogens is 481 g/mol. The summed E-state index contributed by atoms with van der Waals surface area (Å²) in [5, 5.41) is 0. The molecule has 4 nitrogen and oxygen atoms in total. The van der Waals surface area contributed by atoms with Crippen molar-refractivity contribution in [3.05, 3.63) is 89.5 Å². The van der Waals surface area contributed by atoms with Crippen molar-refractivity contribution < 1.29 is 36.2 Å². The van der Waals surface area contributed by atoms with E-state index in [1.54, 1.807) is 24.3 Å². The van der Waals surface area contributed by atoms with E-state index in [1.165, 1.54) is 30.3 Å². The lowest BCUT2D eigenvalue weighted by atomic mass is 9.90. The van der Waals surface area contributed by atoms with Gasteiger partial charge < -0.3 is 9.47 Å². The molecule has 3 aromatic rings. The molecule has 0 saturated heterocycles. The van der Waals surface area contributed by atoms with Gasteiger partial charge in [0, 0.05) is 12.1 Å². The number of esters is 1. The van der Waals surface area contributed by atoms with Gasteiger partial charge in [-0.15, -0.1) is 13.2 Å². The monoisotopic (exact) mass is 503 g/mol. The van der Waals surface area contributed by atoms with Crippen LogP contribution in [0.15, 0.2) is 71.7 Å². The second kappa shape index (κ2) is 10.5. The van der Waals surface area contributed by atoms with Crippen molar-refractivity contribution in [2.75, 3.05) is 6.61 Å². The van der Waals surface area contributed by atoms with E-state index in [4.69, 9.17) is 4.74 Å². The predicted octanol–water partition coefficient (Wildman–Crippen LogP) is 7.03. The van der Waals surface area contributed by atoms with Crippen molar-refractivity contribution in [1.82, 2.24) is 0 Å². The van der Waals surface area contributed by atoms with E-state index in [2.05, 4.69) is 9.73 Å². The van der Waals surface area contributed by atoms with Gasteiger partial charge in [0.05, 0.1) is 24.1 Å². The Hall–Kier alpha value is -3.75. The summed E-state index contributed by atoms with van der Waals surface area (Å²) >= 11 is 0. The molecule has 2 unspecified atom stereocenters. The number of rotatable bonds is 7. The summed E-state index contributed by atoms with van der Waals surface area (Å²) in [5.41, 5.74) is 1.90. The minimum absolute atomic E-state index is 0.0213. The Morgan fingerprint density at radius 2 is 1.53 bits per heavy atom. The lowest BCUT2D eigenvalue weighted by Gasteiger charge is -2.17. The standard InChI is InChI=1S/C27H22F5NO3/c1-2-14-35-26(34)20-15-23(24-21(28)4-3-5-22(24)29)33-25(20)18-8-6-16(7-9-18)17-10-12-19(13-11-17)36-27(30,31)32/h3-13,20,25H,2,14-15H2,1H3. The smallest absolute Gasteiger partial charge is 0.465 e. The molecule has 9 heteroatoms. The third kappa shape index (κ3) is 5.72. The molecule has 0 radical (unpaired) electrons.